The summed E-state index contributed by atoms with van der Waals surface area (Å²) in [5.74, 6) is 1.31. The Kier molecular flexibility index (Phi) is 2.12. The largest absolute Gasteiger partial charge is 0.381 e. The van der Waals surface area contributed by atoms with Crippen molar-refractivity contribution in [3.63, 3.8) is 0 Å². The van der Waals surface area contributed by atoms with Crippen molar-refractivity contribution in [2.45, 2.75) is 6.42 Å². The first kappa shape index (κ1) is 8.04. The quantitative estimate of drug-likeness (QED) is 0.644. The van der Waals surface area contributed by atoms with Crippen molar-refractivity contribution in [1.29, 1.82) is 0 Å². The van der Waals surface area contributed by atoms with Gasteiger partial charge in [0.15, 0.2) is 11.6 Å². The van der Waals surface area contributed by atoms with E-state index in [1.807, 2.05) is 0 Å². The topological polar surface area (TPSA) is 55.0 Å². The van der Waals surface area contributed by atoms with Gasteiger partial charge in [-0.3, -0.25) is 0 Å². The Hall–Kier alpha value is -1.58. The maximum atomic E-state index is 5.71. The van der Waals surface area contributed by atoms with Crippen molar-refractivity contribution in [1.82, 2.24) is 9.97 Å². The fourth-order valence-corrected chi connectivity index (χ4v) is 1.42. The molecule has 2 N–H and O–H groups in total. The second kappa shape index (κ2) is 3.43. The van der Waals surface area contributed by atoms with Crippen LogP contribution in [0.5, 0.6) is 0 Å². The highest BCUT2D eigenvalue weighted by Gasteiger charge is 2.11. The molecular weight excluding hydrogens is 164 g/mol. The van der Waals surface area contributed by atoms with Crippen LogP contribution in [0, 0.1) is 0 Å². The van der Waals surface area contributed by atoms with Crippen LogP contribution in [0.25, 0.3) is 0 Å². The summed E-state index contributed by atoms with van der Waals surface area (Å²) in [5.41, 5.74) is 5.71. The second-order valence-electron chi connectivity index (χ2n) is 2.97. The van der Waals surface area contributed by atoms with Crippen molar-refractivity contribution in [2.75, 3.05) is 23.7 Å². The average molecular weight is 176 g/mol. The fraction of sp³-hybridized carbons (Fsp3) is 0.333. The normalized spacial score (nSPS) is 16.2. The van der Waals surface area contributed by atoms with Gasteiger partial charge in [0, 0.05) is 25.5 Å². The average Bonchev–Trinajstić information content (AvgIpc) is 2.20. The maximum Gasteiger partial charge on any atom is 0.171 e. The molecule has 13 heavy (non-hydrogen) atoms. The first-order valence-electron chi connectivity index (χ1n) is 4.34. The maximum absolute atomic E-state index is 5.71. The number of rotatable bonds is 1. The lowest BCUT2D eigenvalue weighted by Gasteiger charge is -2.24. The van der Waals surface area contributed by atoms with E-state index in [1.54, 1.807) is 12.4 Å². The third kappa shape index (κ3) is 1.61. The molecule has 4 heteroatoms. The minimum absolute atomic E-state index is 0.512. The van der Waals surface area contributed by atoms with Gasteiger partial charge in [-0.25, -0.2) is 9.97 Å². The zero-order valence-electron chi connectivity index (χ0n) is 7.35. The highest BCUT2D eigenvalue weighted by Crippen LogP contribution is 2.18. The predicted molar refractivity (Wildman–Crippen MR) is 52.4 cm³/mol. The molecule has 0 spiro atoms. The van der Waals surface area contributed by atoms with Gasteiger partial charge in [0.1, 0.15) is 0 Å². The molecule has 4 nitrogen and oxygen atoms in total. The molecule has 1 aromatic rings. The van der Waals surface area contributed by atoms with Crippen LogP contribution in [0.1, 0.15) is 6.42 Å². The van der Waals surface area contributed by atoms with Crippen molar-refractivity contribution >= 4 is 11.6 Å². The van der Waals surface area contributed by atoms with Gasteiger partial charge < -0.3 is 10.6 Å². The molecule has 2 rings (SSSR count). The number of nitrogen functional groups attached to an aromatic ring is 1. The van der Waals surface area contributed by atoms with E-state index >= 15 is 0 Å². The number of anilines is 2. The van der Waals surface area contributed by atoms with Crippen molar-refractivity contribution in [2.24, 2.45) is 0 Å². The van der Waals surface area contributed by atoms with E-state index in [1.165, 1.54) is 0 Å². The standard InChI is InChI=1S/C9H12N4/c10-8-9(12-5-4-11-8)13-6-2-1-3-7-13/h1-2,4-5H,3,6-7H2,(H2,10,11). The van der Waals surface area contributed by atoms with Crippen LogP contribution in [0.2, 0.25) is 0 Å². The molecule has 0 fully saturated rings. The van der Waals surface area contributed by atoms with Crippen molar-refractivity contribution in [3.05, 3.63) is 24.5 Å². The molecule has 0 unspecified atom stereocenters. The Balaban J connectivity index is 2.24. The van der Waals surface area contributed by atoms with Crippen LogP contribution in [0.3, 0.4) is 0 Å². The smallest absolute Gasteiger partial charge is 0.171 e. The molecule has 0 aromatic carbocycles. The summed E-state index contributed by atoms with van der Waals surface area (Å²) < 4.78 is 0. The molecule has 1 aliphatic heterocycles. The number of nitrogens with two attached hydrogens (primary N) is 1. The minimum atomic E-state index is 0.512. The summed E-state index contributed by atoms with van der Waals surface area (Å²) in [6, 6.07) is 0. The van der Waals surface area contributed by atoms with Crippen LogP contribution in [-0.2, 0) is 0 Å². The molecule has 0 radical (unpaired) electrons. The van der Waals surface area contributed by atoms with Gasteiger partial charge in [0.2, 0.25) is 0 Å². The Morgan fingerprint density at radius 3 is 2.77 bits per heavy atom. The predicted octanol–water partition coefficient (Wildman–Crippen LogP) is 0.825. The first-order chi connectivity index (χ1) is 6.38. The molecular formula is C9H12N4. The zero-order valence-corrected chi connectivity index (χ0v) is 7.35. The number of aromatic nitrogens is 2. The summed E-state index contributed by atoms with van der Waals surface area (Å²) in [6.07, 6.45) is 8.62. The van der Waals surface area contributed by atoms with E-state index in [0.29, 0.717) is 5.82 Å². The third-order valence-electron chi connectivity index (χ3n) is 2.06. The number of hydrogen-bond acceptors (Lipinski definition) is 4. The van der Waals surface area contributed by atoms with Gasteiger partial charge in [0.25, 0.3) is 0 Å². The highest BCUT2D eigenvalue weighted by atomic mass is 15.2. The SMILES string of the molecule is Nc1nccnc1N1CC=CCC1. The number of hydrogen-bond donors (Lipinski definition) is 1. The highest BCUT2D eigenvalue weighted by molar-refractivity contribution is 5.57. The molecule has 68 valence electrons. The molecule has 1 aromatic heterocycles. The Morgan fingerprint density at radius 1 is 1.23 bits per heavy atom. The van der Waals surface area contributed by atoms with Crippen LogP contribution in [0.15, 0.2) is 24.5 Å². The lowest BCUT2D eigenvalue weighted by atomic mass is 10.2. The molecule has 0 aliphatic carbocycles. The lowest BCUT2D eigenvalue weighted by molar-refractivity contribution is 0.804. The van der Waals surface area contributed by atoms with Gasteiger partial charge in [-0.2, -0.15) is 0 Å². The molecule has 0 amide bonds. The van der Waals surface area contributed by atoms with Crippen LogP contribution < -0.4 is 10.6 Å². The summed E-state index contributed by atoms with van der Waals surface area (Å²) in [7, 11) is 0. The molecule has 1 aliphatic rings. The molecule has 0 saturated carbocycles. The molecule has 0 atom stereocenters. The van der Waals surface area contributed by atoms with Gasteiger partial charge >= 0.3 is 0 Å². The van der Waals surface area contributed by atoms with Gasteiger partial charge in [-0.1, -0.05) is 12.2 Å². The third-order valence-corrected chi connectivity index (χ3v) is 2.06. The van der Waals surface area contributed by atoms with Crippen LogP contribution in [-0.4, -0.2) is 23.1 Å². The Labute approximate surface area is 77.1 Å². The summed E-state index contributed by atoms with van der Waals surface area (Å²) in [4.78, 5) is 10.3. The number of nitrogens with zero attached hydrogens (tertiary/aromatic N) is 3. The molecule has 0 saturated heterocycles. The monoisotopic (exact) mass is 176 g/mol. The summed E-state index contributed by atoms with van der Waals surface area (Å²) in [5, 5.41) is 0. The summed E-state index contributed by atoms with van der Waals surface area (Å²) >= 11 is 0. The van der Waals surface area contributed by atoms with E-state index in [9.17, 15) is 0 Å². The van der Waals surface area contributed by atoms with Gasteiger partial charge in [0.05, 0.1) is 0 Å². The van der Waals surface area contributed by atoms with E-state index in [4.69, 9.17) is 5.73 Å². The second-order valence-corrected chi connectivity index (χ2v) is 2.97. The lowest BCUT2D eigenvalue weighted by Crippen LogP contribution is -2.28. The Bertz CT molecular complexity index is 321. The van der Waals surface area contributed by atoms with E-state index < -0.39 is 0 Å². The van der Waals surface area contributed by atoms with Gasteiger partial charge in [-0.15, -0.1) is 0 Å². The summed E-state index contributed by atoms with van der Waals surface area (Å²) in [6.45, 7) is 1.85. The Morgan fingerprint density at radius 2 is 2.08 bits per heavy atom. The van der Waals surface area contributed by atoms with E-state index in [0.717, 1.165) is 25.3 Å². The fourth-order valence-electron chi connectivity index (χ4n) is 1.42. The van der Waals surface area contributed by atoms with Crippen LogP contribution in [0.4, 0.5) is 11.6 Å². The zero-order chi connectivity index (χ0) is 9.10. The van der Waals surface area contributed by atoms with Crippen LogP contribution >= 0.6 is 0 Å². The van der Waals surface area contributed by atoms with E-state index in [2.05, 4.69) is 27.0 Å². The van der Waals surface area contributed by atoms with Crippen molar-refractivity contribution in [3.8, 4) is 0 Å². The first-order valence-corrected chi connectivity index (χ1v) is 4.34. The van der Waals surface area contributed by atoms with E-state index in [-0.39, 0.29) is 0 Å². The molecule has 0 bridgehead atoms. The van der Waals surface area contributed by atoms with Gasteiger partial charge in [-0.05, 0) is 6.42 Å². The van der Waals surface area contributed by atoms with Crippen molar-refractivity contribution < 1.29 is 0 Å². The molecule has 2 heterocycles. The minimum Gasteiger partial charge on any atom is -0.381 e.